The quantitative estimate of drug-likeness (QED) is 0.540. The lowest BCUT2D eigenvalue weighted by Gasteiger charge is -2.39. The van der Waals surface area contributed by atoms with E-state index in [0.717, 1.165) is 31.9 Å². The molecule has 2 N–H and O–H groups in total. The van der Waals surface area contributed by atoms with Crippen LogP contribution in [0.4, 0.5) is 0 Å². The van der Waals surface area contributed by atoms with Crippen molar-refractivity contribution >= 4 is 17.3 Å². The summed E-state index contributed by atoms with van der Waals surface area (Å²) < 4.78 is 0. The molecule has 0 spiro atoms. The lowest BCUT2D eigenvalue weighted by molar-refractivity contribution is 0.114. The summed E-state index contributed by atoms with van der Waals surface area (Å²) in [6.07, 6.45) is 9.08. The highest BCUT2D eigenvalue weighted by Crippen LogP contribution is 2.36. The number of thiazole rings is 1. The maximum Gasteiger partial charge on any atom is 0.191 e. The fourth-order valence-electron chi connectivity index (χ4n) is 4.75. The minimum atomic E-state index is 0.511. The van der Waals surface area contributed by atoms with Gasteiger partial charge in [0.2, 0.25) is 0 Å². The van der Waals surface area contributed by atoms with Crippen LogP contribution in [0.5, 0.6) is 0 Å². The third-order valence-electron chi connectivity index (χ3n) is 6.24. The summed E-state index contributed by atoms with van der Waals surface area (Å²) in [4.78, 5) is 13.1. The van der Waals surface area contributed by atoms with Gasteiger partial charge >= 0.3 is 0 Å². The molecule has 1 aromatic carbocycles. The average molecular weight is 412 g/mol. The third-order valence-corrected chi connectivity index (χ3v) is 7.44. The molecule has 2 fully saturated rings. The van der Waals surface area contributed by atoms with Crippen LogP contribution >= 0.6 is 11.3 Å². The van der Waals surface area contributed by atoms with Gasteiger partial charge in [0, 0.05) is 55.8 Å². The Hall–Kier alpha value is -1.92. The van der Waals surface area contributed by atoms with Crippen LogP contribution in [-0.2, 0) is 19.4 Å². The summed E-state index contributed by atoms with van der Waals surface area (Å²) in [5.74, 6) is 0.929. The number of nitrogens with one attached hydrogen (secondary N) is 2. The van der Waals surface area contributed by atoms with Crippen LogP contribution in [0.1, 0.15) is 48.1 Å². The number of guanidine groups is 1. The zero-order valence-corrected chi connectivity index (χ0v) is 18.4. The molecular formula is C23H33N5S. The van der Waals surface area contributed by atoms with Gasteiger partial charge in [0.05, 0.1) is 5.01 Å². The Morgan fingerprint density at radius 1 is 1.21 bits per heavy atom. The lowest BCUT2D eigenvalue weighted by Crippen LogP contribution is -2.52. The van der Waals surface area contributed by atoms with Gasteiger partial charge in [0.15, 0.2) is 5.96 Å². The maximum atomic E-state index is 4.51. The Bertz CT molecular complexity index is 789. The van der Waals surface area contributed by atoms with Gasteiger partial charge in [0.1, 0.15) is 0 Å². The number of fused-ring (bicyclic) bond motifs is 2. The summed E-state index contributed by atoms with van der Waals surface area (Å²) in [6.45, 7) is 4.14. The average Bonchev–Trinajstić information content (AvgIpc) is 3.29. The van der Waals surface area contributed by atoms with Crippen LogP contribution in [0.15, 0.2) is 41.5 Å². The number of piperidine rings is 1. The highest BCUT2D eigenvalue weighted by atomic mass is 32.1. The van der Waals surface area contributed by atoms with E-state index in [9.17, 15) is 0 Å². The lowest BCUT2D eigenvalue weighted by atomic mass is 9.96. The zero-order chi connectivity index (χ0) is 20.1. The van der Waals surface area contributed by atoms with Gasteiger partial charge in [0.25, 0.3) is 0 Å². The Kier molecular flexibility index (Phi) is 6.82. The molecule has 2 aliphatic rings. The van der Waals surface area contributed by atoms with Crippen molar-refractivity contribution in [2.75, 3.05) is 13.6 Å². The van der Waals surface area contributed by atoms with Crippen LogP contribution in [0, 0.1) is 0 Å². The van der Waals surface area contributed by atoms with Crippen LogP contribution in [0.2, 0.25) is 0 Å². The molecule has 5 nitrogen and oxygen atoms in total. The molecule has 2 atom stereocenters. The van der Waals surface area contributed by atoms with E-state index in [4.69, 9.17) is 0 Å². The molecule has 6 heteroatoms. The van der Waals surface area contributed by atoms with Crippen molar-refractivity contribution in [1.29, 1.82) is 0 Å². The molecule has 156 valence electrons. The highest BCUT2D eigenvalue weighted by molar-refractivity contribution is 7.11. The molecule has 0 radical (unpaired) electrons. The van der Waals surface area contributed by atoms with Crippen molar-refractivity contribution in [3.05, 3.63) is 52.0 Å². The van der Waals surface area contributed by atoms with Gasteiger partial charge in [-0.25, -0.2) is 4.98 Å². The Balaban J connectivity index is 1.25. The maximum absolute atomic E-state index is 4.51. The van der Waals surface area contributed by atoms with Gasteiger partial charge < -0.3 is 10.6 Å². The Morgan fingerprint density at radius 3 is 2.62 bits per heavy atom. The molecular weight excluding hydrogens is 378 g/mol. The first-order valence-corrected chi connectivity index (χ1v) is 11.8. The molecule has 2 saturated heterocycles. The van der Waals surface area contributed by atoms with E-state index in [1.165, 1.54) is 41.1 Å². The van der Waals surface area contributed by atoms with Crippen LogP contribution in [0.3, 0.4) is 0 Å². The molecule has 1 aromatic heterocycles. The molecule has 2 unspecified atom stereocenters. The minimum Gasteiger partial charge on any atom is -0.356 e. The standard InChI is InChI=1S/C23H33N5S/c1-3-21-15-26-22(29-21)11-12-25-23(24-2)27-18-13-19-9-10-20(14-18)28(19)16-17-7-5-4-6-8-17/h4-8,15,18-20H,3,9-14,16H2,1-2H3,(H2,24,25,27). The van der Waals surface area contributed by atoms with Crippen molar-refractivity contribution < 1.29 is 0 Å². The number of hydrogen-bond acceptors (Lipinski definition) is 4. The van der Waals surface area contributed by atoms with Crippen molar-refractivity contribution in [1.82, 2.24) is 20.5 Å². The number of benzene rings is 1. The van der Waals surface area contributed by atoms with E-state index in [1.54, 1.807) is 0 Å². The number of aryl methyl sites for hydroxylation is 1. The third kappa shape index (κ3) is 5.17. The number of nitrogens with zero attached hydrogens (tertiary/aromatic N) is 3. The Morgan fingerprint density at radius 2 is 1.97 bits per heavy atom. The predicted octanol–water partition coefficient (Wildman–Crippen LogP) is 3.61. The smallest absolute Gasteiger partial charge is 0.191 e. The first kappa shape index (κ1) is 20.4. The van der Waals surface area contributed by atoms with Gasteiger partial charge in [-0.05, 0) is 37.7 Å². The first-order valence-electron chi connectivity index (χ1n) is 11.0. The van der Waals surface area contributed by atoms with Crippen molar-refractivity contribution in [2.45, 2.75) is 70.1 Å². The number of hydrogen-bond donors (Lipinski definition) is 2. The molecule has 0 amide bonds. The highest BCUT2D eigenvalue weighted by Gasteiger charge is 2.40. The van der Waals surface area contributed by atoms with Gasteiger partial charge in [-0.2, -0.15) is 0 Å². The second kappa shape index (κ2) is 9.72. The molecule has 2 aliphatic heterocycles. The molecule has 3 heterocycles. The first-order chi connectivity index (χ1) is 14.2. The normalized spacial score (nSPS) is 24.6. The van der Waals surface area contributed by atoms with Crippen molar-refractivity contribution in [3.8, 4) is 0 Å². The topological polar surface area (TPSA) is 52.6 Å². The number of rotatable bonds is 7. The molecule has 0 saturated carbocycles. The van der Waals surface area contributed by atoms with Crippen LogP contribution in [0.25, 0.3) is 0 Å². The van der Waals surface area contributed by atoms with E-state index >= 15 is 0 Å². The minimum absolute atomic E-state index is 0.511. The second-order valence-corrected chi connectivity index (χ2v) is 9.38. The molecule has 4 rings (SSSR count). The fraction of sp³-hybridized carbons (Fsp3) is 0.565. The molecule has 2 aromatic rings. The SMILES string of the molecule is CCc1cnc(CCNC(=NC)NC2CC3CCC(C2)N3Cc2ccccc2)s1. The van der Waals surface area contributed by atoms with Gasteiger partial charge in [-0.15, -0.1) is 11.3 Å². The summed E-state index contributed by atoms with van der Waals surface area (Å²) in [6, 6.07) is 12.8. The number of aromatic nitrogens is 1. The van der Waals surface area contributed by atoms with Crippen molar-refractivity contribution in [3.63, 3.8) is 0 Å². The predicted molar refractivity (Wildman–Crippen MR) is 122 cm³/mol. The summed E-state index contributed by atoms with van der Waals surface area (Å²) in [5.41, 5.74) is 1.43. The molecule has 0 aliphatic carbocycles. The monoisotopic (exact) mass is 411 g/mol. The fourth-order valence-corrected chi connectivity index (χ4v) is 5.61. The van der Waals surface area contributed by atoms with E-state index in [1.807, 2.05) is 24.6 Å². The van der Waals surface area contributed by atoms with Crippen LogP contribution < -0.4 is 10.6 Å². The summed E-state index contributed by atoms with van der Waals surface area (Å²) in [7, 11) is 1.87. The molecule has 29 heavy (non-hydrogen) atoms. The largest absolute Gasteiger partial charge is 0.356 e. The van der Waals surface area contributed by atoms with Crippen LogP contribution in [-0.4, -0.2) is 47.6 Å². The number of aliphatic imine (C=N–C) groups is 1. The summed E-state index contributed by atoms with van der Waals surface area (Å²) >= 11 is 1.82. The van der Waals surface area contributed by atoms with E-state index in [0.29, 0.717) is 18.1 Å². The molecule has 2 bridgehead atoms. The van der Waals surface area contributed by atoms with Gasteiger partial charge in [-0.3, -0.25) is 9.89 Å². The van der Waals surface area contributed by atoms with E-state index in [-0.39, 0.29) is 0 Å². The van der Waals surface area contributed by atoms with Gasteiger partial charge in [-0.1, -0.05) is 37.3 Å². The Labute approximate surface area is 178 Å². The van der Waals surface area contributed by atoms with E-state index in [2.05, 4.69) is 62.8 Å². The zero-order valence-electron chi connectivity index (χ0n) is 17.6. The van der Waals surface area contributed by atoms with E-state index < -0.39 is 0 Å². The second-order valence-electron chi connectivity index (χ2n) is 8.18. The van der Waals surface area contributed by atoms with Crippen molar-refractivity contribution in [2.24, 2.45) is 4.99 Å². The summed E-state index contributed by atoms with van der Waals surface area (Å²) in [5, 5.41) is 8.38.